The maximum absolute atomic E-state index is 12.2. The average molecular weight is 244 g/mol. The Morgan fingerprint density at radius 2 is 1.76 bits per heavy atom. The van der Waals surface area contributed by atoms with Gasteiger partial charge in [-0.3, -0.25) is 0 Å². The summed E-state index contributed by atoms with van der Waals surface area (Å²) in [5.41, 5.74) is 5.01. The number of hydrogen-bond acceptors (Lipinski definition) is 3. The molecule has 0 bridgehead atoms. The van der Waals surface area contributed by atoms with Gasteiger partial charge in [-0.1, -0.05) is 13.8 Å². The van der Waals surface area contributed by atoms with Gasteiger partial charge in [-0.15, -0.1) is 0 Å². The predicted molar refractivity (Wildman–Crippen MR) is 71.0 cm³/mol. The summed E-state index contributed by atoms with van der Waals surface area (Å²) in [5, 5.41) is 0. The molecule has 0 saturated heterocycles. The van der Waals surface area contributed by atoms with Crippen molar-refractivity contribution in [2.45, 2.75) is 65.5 Å². The van der Waals surface area contributed by atoms with E-state index in [1.807, 2.05) is 41.5 Å². The van der Waals surface area contributed by atoms with Crippen LogP contribution in [0.4, 0.5) is 4.79 Å². The molecule has 1 unspecified atom stereocenters. The van der Waals surface area contributed by atoms with Crippen LogP contribution in [0.3, 0.4) is 0 Å². The first-order valence-corrected chi connectivity index (χ1v) is 6.41. The van der Waals surface area contributed by atoms with Crippen LogP contribution in [-0.2, 0) is 4.74 Å². The highest BCUT2D eigenvalue weighted by Crippen LogP contribution is 2.21. The third-order valence-electron chi connectivity index (χ3n) is 2.91. The molecule has 0 saturated carbocycles. The van der Waals surface area contributed by atoms with Crippen molar-refractivity contribution >= 4 is 6.09 Å². The zero-order valence-corrected chi connectivity index (χ0v) is 12.2. The van der Waals surface area contributed by atoms with Crippen molar-refractivity contribution in [1.82, 2.24) is 4.90 Å². The third kappa shape index (κ3) is 4.94. The summed E-state index contributed by atoms with van der Waals surface area (Å²) in [6.45, 7) is 12.8. The van der Waals surface area contributed by atoms with Crippen molar-refractivity contribution in [1.29, 1.82) is 0 Å². The Hall–Kier alpha value is -0.770. The molecule has 0 aliphatic rings. The second kappa shape index (κ2) is 6.24. The fourth-order valence-corrected chi connectivity index (χ4v) is 1.57. The molecule has 17 heavy (non-hydrogen) atoms. The number of carbonyl (C=O) groups is 1. The second-order valence-electron chi connectivity index (χ2n) is 5.69. The van der Waals surface area contributed by atoms with Gasteiger partial charge in [0.25, 0.3) is 0 Å². The average Bonchev–Trinajstić information content (AvgIpc) is 2.22. The molecule has 0 spiro atoms. The molecule has 0 aromatic rings. The minimum atomic E-state index is -0.466. The maximum atomic E-state index is 12.2. The summed E-state index contributed by atoms with van der Waals surface area (Å²) < 4.78 is 5.43. The number of amides is 1. The van der Waals surface area contributed by atoms with Gasteiger partial charge in [0, 0.05) is 13.1 Å². The fraction of sp³-hybridized carbons (Fsp3) is 0.923. The van der Waals surface area contributed by atoms with Gasteiger partial charge < -0.3 is 15.4 Å². The van der Waals surface area contributed by atoms with Crippen LogP contribution in [0, 0.1) is 0 Å². The van der Waals surface area contributed by atoms with Crippen LogP contribution in [-0.4, -0.2) is 35.2 Å². The Balaban J connectivity index is 4.90. The van der Waals surface area contributed by atoms with E-state index in [9.17, 15) is 4.79 Å². The number of rotatable bonds is 5. The van der Waals surface area contributed by atoms with Crippen molar-refractivity contribution in [2.24, 2.45) is 5.73 Å². The number of nitrogens with zero attached hydrogens (tertiary/aromatic N) is 1. The van der Waals surface area contributed by atoms with Crippen molar-refractivity contribution in [3.05, 3.63) is 0 Å². The smallest absolute Gasteiger partial charge is 0.410 e. The van der Waals surface area contributed by atoms with E-state index in [1.165, 1.54) is 0 Å². The van der Waals surface area contributed by atoms with E-state index < -0.39 is 5.60 Å². The molecule has 4 nitrogen and oxygen atoms in total. The van der Waals surface area contributed by atoms with Gasteiger partial charge >= 0.3 is 6.09 Å². The minimum Gasteiger partial charge on any atom is -0.444 e. The molecule has 0 aliphatic heterocycles. The minimum absolute atomic E-state index is 0.269. The van der Waals surface area contributed by atoms with Crippen LogP contribution >= 0.6 is 0 Å². The van der Waals surface area contributed by atoms with E-state index >= 15 is 0 Å². The van der Waals surface area contributed by atoms with Crippen LogP contribution in [0.5, 0.6) is 0 Å². The van der Waals surface area contributed by atoms with Gasteiger partial charge in [-0.25, -0.2) is 4.79 Å². The van der Waals surface area contributed by atoms with Gasteiger partial charge in [0.2, 0.25) is 0 Å². The zero-order chi connectivity index (χ0) is 13.7. The van der Waals surface area contributed by atoms with Gasteiger partial charge in [-0.05, 0) is 40.5 Å². The van der Waals surface area contributed by atoms with E-state index in [0.717, 1.165) is 12.8 Å². The van der Waals surface area contributed by atoms with Crippen LogP contribution < -0.4 is 5.73 Å². The molecule has 1 amide bonds. The number of hydrogen-bond donors (Lipinski definition) is 1. The van der Waals surface area contributed by atoms with Crippen molar-refractivity contribution in [3.63, 3.8) is 0 Å². The molecule has 0 aromatic carbocycles. The van der Waals surface area contributed by atoms with E-state index in [-0.39, 0.29) is 11.6 Å². The topological polar surface area (TPSA) is 55.6 Å². The third-order valence-corrected chi connectivity index (χ3v) is 2.91. The first-order chi connectivity index (χ1) is 7.70. The fourth-order valence-electron chi connectivity index (χ4n) is 1.57. The zero-order valence-electron chi connectivity index (χ0n) is 12.2. The second-order valence-corrected chi connectivity index (χ2v) is 5.69. The van der Waals surface area contributed by atoms with Crippen molar-refractivity contribution < 1.29 is 9.53 Å². The Labute approximate surface area is 105 Å². The van der Waals surface area contributed by atoms with E-state index in [2.05, 4.69) is 0 Å². The number of carbonyl (C=O) groups excluding carboxylic acids is 1. The quantitative estimate of drug-likeness (QED) is 0.809. The van der Waals surface area contributed by atoms with Crippen molar-refractivity contribution in [2.75, 3.05) is 13.1 Å². The summed E-state index contributed by atoms with van der Waals surface area (Å²) in [6.07, 6.45) is 1.45. The predicted octanol–water partition coefficient (Wildman–Crippen LogP) is 2.76. The Morgan fingerprint density at radius 1 is 1.24 bits per heavy atom. The van der Waals surface area contributed by atoms with Gasteiger partial charge in [0.1, 0.15) is 5.60 Å². The summed E-state index contributed by atoms with van der Waals surface area (Å²) in [4.78, 5) is 13.9. The monoisotopic (exact) mass is 244 g/mol. The van der Waals surface area contributed by atoms with Crippen molar-refractivity contribution in [3.8, 4) is 0 Å². The van der Waals surface area contributed by atoms with Crippen LogP contribution in [0.1, 0.15) is 54.4 Å². The molecular formula is C13H28N2O2. The number of ether oxygens (including phenoxy) is 1. The molecule has 0 heterocycles. The first kappa shape index (κ1) is 16.2. The van der Waals surface area contributed by atoms with E-state index in [1.54, 1.807) is 4.90 Å². The molecule has 0 aromatic heterocycles. The highest BCUT2D eigenvalue weighted by molar-refractivity contribution is 5.69. The van der Waals surface area contributed by atoms with Crippen LogP contribution in [0.25, 0.3) is 0 Å². The Kier molecular flexibility index (Phi) is 5.96. The van der Waals surface area contributed by atoms with Crippen LogP contribution in [0.2, 0.25) is 0 Å². The highest BCUT2D eigenvalue weighted by atomic mass is 16.6. The normalized spacial score (nSPS) is 15.2. The molecule has 1 atom stereocenters. The summed E-state index contributed by atoms with van der Waals surface area (Å²) in [5.74, 6) is 0. The van der Waals surface area contributed by atoms with E-state index in [4.69, 9.17) is 10.5 Å². The number of nitrogens with two attached hydrogens (primary N) is 1. The largest absolute Gasteiger partial charge is 0.444 e. The van der Waals surface area contributed by atoms with Gasteiger partial charge in [0.05, 0.1) is 5.54 Å². The Bertz CT molecular complexity index is 242. The van der Waals surface area contributed by atoms with Crippen LogP contribution in [0.15, 0.2) is 0 Å². The SMILES string of the molecule is CCCN(C(=O)OC(C)(C)C)C(C)(CC)CN. The molecule has 4 heteroatoms. The molecular weight excluding hydrogens is 216 g/mol. The summed E-state index contributed by atoms with van der Waals surface area (Å²) in [7, 11) is 0. The standard InChI is InChI=1S/C13H28N2O2/c1-7-9-15(13(6,8-2)10-14)11(16)17-12(3,4)5/h7-10,14H2,1-6H3. The van der Waals surface area contributed by atoms with Gasteiger partial charge in [-0.2, -0.15) is 0 Å². The first-order valence-electron chi connectivity index (χ1n) is 6.41. The molecule has 0 aliphatic carbocycles. The lowest BCUT2D eigenvalue weighted by Gasteiger charge is -2.40. The summed E-state index contributed by atoms with van der Waals surface area (Å²) >= 11 is 0. The van der Waals surface area contributed by atoms with Gasteiger partial charge in [0.15, 0.2) is 0 Å². The highest BCUT2D eigenvalue weighted by Gasteiger charge is 2.34. The Morgan fingerprint density at radius 3 is 2.06 bits per heavy atom. The molecule has 0 radical (unpaired) electrons. The maximum Gasteiger partial charge on any atom is 0.410 e. The lowest BCUT2D eigenvalue weighted by atomic mass is 9.96. The molecule has 2 N–H and O–H groups in total. The molecule has 0 fully saturated rings. The molecule has 102 valence electrons. The van der Waals surface area contributed by atoms with E-state index in [0.29, 0.717) is 13.1 Å². The molecule has 0 rings (SSSR count). The summed E-state index contributed by atoms with van der Waals surface area (Å²) in [6, 6.07) is 0. The lowest BCUT2D eigenvalue weighted by Crippen LogP contribution is -2.55. The lowest BCUT2D eigenvalue weighted by molar-refractivity contribution is 0.000484.